The van der Waals surface area contributed by atoms with E-state index in [1.807, 2.05) is 12.1 Å². The molecule has 32 heavy (non-hydrogen) atoms. The van der Waals surface area contributed by atoms with Crippen molar-refractivity contribution >= 4 is 10.1 Å². The Bertz CT molecular complexity index is 691. The molecular formula is C26H45NaO4S. The second-order valence-electron chi connectivity index (χ2n) is 8.87. The van der Waals surface area contributed by atoms with Crippen molar-refractivity contribution in [1.82, 2.24) is 0 Å². The van der Waals surface area contributed by atoms with Gasteiger partial charge >= 0.3 is 29.6 Å². The molecule has 1 unspecified atom stereocenters. The van der Waals surface area contributed by atoms with Gasteiger partial charge in [0.1, 0.15) is 5.75 Å². The molecule has 1 rings (SSSR count). The van der Waals surface area contributed by atoms with Crippen molar-refractivity contribution in [1.29, 1.82) is 0 Å². The van der Waals surface area contributed by atoms with E-state index in [0.717, 1.165) is 25.0 Å². The molecule has 0 aromatic heterocycles. The summed E-state index contributed by atoms with van der Waals surface area (Å²) in [4.78, 5) is 0. The maximum atomic E-state index is 11.1. The number of hydrogen-bond donors (Lipinski definition) is 0. The molecule has 1 aromatic rings. The summed E-state index contributed by atoms with van der Waals surface area (Å²) >= 11 is 0. The van der Waals surface area contributed by atoms with E-state index in [1.54, 1.807) is 0 Å². The van der Waals surface area contributed by atoms with E-state index >= 15 is 0 Å². The number of ether oxygens (including phenoxy) is 1. The van der Waals surface area contributed by atoms with Crippen LogP contribution in [0.25, 0.3) is 0 Å². The van der Waals surface area contributed by atoms with Crippen molar-refractivity contribution in [3.05, 3.63) is 29.3 Å². The molecule has 0 spiro atoms. The normalized spacial score (nSPS) is 12.4. The average Bonchev–Trinajstić information content (AvgIpc) is 2.73. The Kier molecular flexibility index (Phi) is 19.2. The largest absolute Gasteiger partial charge is 1.00 e. The molecule has 0 bridgehead atoms. The summed E-state index contributed by atoms with van der Waals surface area (Å²) in [5, 5.41) is -0.916. The molecule has 180 valence electrons. The molecule has 0 heterocycles. The molecule has 1 atom stereocenters. The first kappa shape index (κ1) is 31.9. The minimum absolute atomic E-state index is 0. The number of hydrogen-bond acceptors (Lipinski definition) is 4. The smallest absolute Gasteiger partial charge is 0.748 e. The molecule has 0 saturated carbocycles. The van der Waals surface area contributed by atoms with Gasteiger partial charge in [-0.1, -0.05) is 90.2 Å². The van der Waals surface area contributed by atoms with E-state index < -0.39 is 15.4 Å². The van der Waals surface area contributed by atoms with E-state index in [-0.39, 0.29) is 42.6 Å². The van der Waals surface area contributed by atoms with Gasteiger partial charge in [-0.2, -0.15) is 0 Å². The Hall–Kier alpha value is -0.0700. The monoisotopic (exact) mass is 476 g/mol. The van der Waals surface area contributed by atoms with Gasteiger partial charge in [0.2, 0.25) is 0 Å². The van der Waals surface area contributed by atoms with Gasteiger partial charge < -0.3 is 9.29 Å². The molecule has 0 amide bonds. The van der Waals surface area contributed by atoms with E-state index in [0.29, 0.717) is 0 Å². The summed E-state index contributed by atoms with van der Waals surface area (Å²) in [5.74, 6) is 0.868. The van der Waals surface area contributed by atoms with Crippen LogP contribution in [0.15, 0.2) is 18.2 Å². The topological polar surface area (TPSA) is 66.4 Å². The zero-order valence-corrected chi connectivity index (χ0v) is 24.0. The Morgan fingerprint density at radius 2 is 1.38 bits per heavy atom. The van der Waals surface area contributed by atoms with Crippen molar-refractivity contribution in [2.45, 2.75) is 122 Å². The first-order valence-corrected chi connectivity index (χ1v) is 14.1. The molecule has 1 aromatic carbocycles. The van der Waals surface area contributed by atoms with Gasteiger partial charge in [0.05, 0.1) is 16.7 Å². The molecule has 4 nitrogen and oxygen atoms in total. The predicted octanol–water partition coefficient (Wildman–Crippen LogP) is 4.20. The summed E-state index contributed by atoms with van der Waals surface area (Å²) in [6.45, 7) is 6.19. The predicted molar refractivity (Wildman–Crippen MR) is 130 cm³/mol. The van der Waals surface area contributed by atoms with Gasteiger partial charge in [0.25, 0.3) is 0 Å². The average molecular weight is 477 g/mol. The number of benzene rings is 1. The first-order chi connectivity index (χ1) is 14.9. The minimum atomic E-state index is -4.25. The van der Waals surface area contributed by atoms with Crippen LogP contribution in [-0.4, -0.2) is 24.8 Å². The van der Waals surface area contributed by atoms with Crippen LogP contribution in [0.4, 0.5) is 0 Å². The van der Waals surface area contributed by atoms with Crippen LogP contribution in [0.1, 0.15) is 115 Å². The maximum absolute atomic E-state index is 11.1. The second kappa shape index (κ2) is 19.3. The molecule has 0 aliphatic rings. The summed E-state index contributed by atoms with van der Waals surface area (Å²) in [6, 6.07) is 6.25. The molecule has 6 heteroatoms. The molecule has 0 radical (unpaired) electrons. The third-order valence-electron chi connectivity index (χ3n) is 6.08. The van der Waals surface area contributed by atoms with Gasteiger partial charge in [0.15, 0.2) is 0 Å². The van der Waals surface area contributed by atoms with Crippen LogP contribution in [0.5, 0.6) is 5.75 Å². The quantitative estimate of drug-likeness (QED) is 0.171. The van der Waals surface area contributed by atoms with Crippen molar-refractivity contribution in [2.75, 3.05) is 6.61 Å². The zero-order chi connectivity index (χ0) is 23.0. The fourth-order valence-electron chi connectivity index (χ4n) is 3.92. The van der Waals surface area contributed by atoms with Crippen molar-refractivity contribution in [2.24, 2.45) is 0 Å². The van der Waals surface area contributed by atoms with E-state index in [2.05, 4.69) is 19.9 Å². The van der Waals surface area contributed by atoms with Crippen molar-refractivity contribution in [3.8, 4) is 5.75 Å². The zero-order valence-electron chi connectivity index (χ0n) is 21.2. The van der Waals surface area contributed by atoms with Gasteiger partial charge in [-0.25, -0.2) is 8.42 Å². The maximum Gasteiger partial charge on any atom is 1.00 e. The van der Waals surface area contributed by atoms with Crippen LogP contribution in [0, 0.1) is 0 Å². The first-order valence-electron chi connectivity index (χ1n) is 12.6. The van der Waals surface area contributed by atoms with Gasteiger partial charge in [-0.15, -0.1) is 0 Å². The number of unbranched alkanes of at least 4 members (excludes halogenated alkanes) is 10. The molecular weight excluding hydrogens is 431 g/mol. The van der Waals surface area contributed by atoms with Crippen LogP contribution in [0.2, 0.25) is 0 Å². The number of aryl methyl sites for hydroxylation is 1. The minimum Gasteiger partial charge on any atom is -0.748 e. The summed E-state index contributed by atoms with van der Waals surface area (Å²) in [7, 11) is -4.25. The Balaban J connectivity index is 0.00000961. The Labute approximate surface area is 220 Å². The van der Waals surface area contributed by atoms with E-state index in [1.165, 1.54) is 88.7 Å². The van der Waals surface area contributed by atoms with Gasteiger partial charge in [-0.05, 0) is 56.2 Å². The van der Waals surface area contributed by atoms with Gasteiger partial charge in [0, 0.05) is 5.25 Å². The fourth-order valence-corrected chi connectivity index (χ4v) is 4.31. The van der Waals surface area contributed by atoms with Crippen molar-refractivity contribution < 1.29 is 47.3 Å². The summed E-state index contributed by atoms with van der Waals surface area (Å²) < 4.78 is 39.4. The second-order valence-corrected chi connectivity index (χ2v) is 10.7. The van der Waals surface area contributed by atoms with Crippen LogP contribution in [-0.2, 0) is 23.0 Å². The van der Waals surface area contributed by atoms with Crippen LogP contribution < -0.4 is 34.3 Å². The Morgan fingerprint density at radius 1 is 0.844 bits per heavy atom. The SMILES string of the molecule is CCCCCCCCc1cccc(OCCC(C)S(=O)(=O)[O-])c1CCCCCCCC.[Na+]. The number of rotatable bonds is 19. The standard InChI is InChI=1S/C26H46O4S.Na/c1-4-6-8-10-12-14-17-24-18-16-20-26(30-22-21-23(3)31(27,28)29)25(24)19-15-13-11-9-7-5-2;/h16,18,20,23H,4-15,17,19,21-22H2,1-3H3,(H,27,28,29);/q;+1/p-1. The summed E-state index contributed by atoms with van der Waals surface area (Å²) in [5.41, 5.74) is 2.65. The van der Waals surface area contributed by atoms with Gasteiger partial charge in [-0.3, -0.25) is 0 Å². The molecule has 0 saturated heterocycles. The van der Waals surface area contributed by atoms with E-state index in [9.17, 15) is 13.0 Å². The molecule has 0 aliphatic heterocycles. The third-order valence-corrected chi connectivity index (χ3v) is 7.31. The summed E-state index contributed by atoms with van der Waals surface area (Å²) in [6.07, 6.45) is 17.5. The molecule has 0 N–H and O–H groups in total. The molecule has 0 fully saturated rings. The molecule has 0 aliphatic carbocycles. The van der Waals surface area contributed by atoms with Crippen molar-refractivity contribution in [3.63, 3.8) is 0 Å². The van der Waals surface area contributed by atoms with Crippen LogP contribution in [0.3, 0.4) is 0 Å². The van der Waals surface area contributed by atoms with E-state index in [4.69, 9.17) is 4.74 Å². The fraction of sp³-hybridized carbons (Fsp3) is 0.769. The third kappa shape index (κ3) is 14.2. The van der Waals surface area contributed by atoms with Crippen LogP contribution >= 0.6 is 0 Å². The Morgan fingerprint density at radius 3 is 1.94 bits per heavy atom.